The monoisotopic (exact) mass is 366 g/mol. The number of rotatable bonds is 8. The van der Waals surface area contributed by atoms with Crippen LogP contribution in [0.25, 0.3) is 10.2 Å². The summed E-state index contributed by atoms with van der Waals surface area (Å²) in [7, 11) is 0. The van der Waals surface area contributed by atoms with Crippen molar-refractivity contribution in [3.8, 4) is 5.75 Å². The smallest absolute Gasteiger partial charge is 0.251 e. The first kappa shape index (κ1) is 18.1. The molecule has 3 aromatic rings. The molecular weight excluding hydrogens is 344 g/mol. The zero-order chi connectivity index (χ0) is 18.2. The number of hydrogen-bond acceptors (Lipinski definition) is 4. The van der Waals surface area contributed by atoms with Gasteiger partial charge in [0.25, 0.3) is 5.91 Å². The van der Waals surface area contributed by atoms with Crippen molar-refractivity contribution in [2.24, 2.45) is 0 Å². The van der Waals surface area contributed by atoms with Gasteiger partial charge in [0.15, 0.2) is 0 Å². The maximum absolute atomic E-state index is 12.4. The number of nitrogens with one attached hydrogen (secondary N) is 1. The van der Waals surface area contributed by atoms with E-state index in [9.17, 15) is 4.79 Å². The van der Waals surface area contributed by atoms with Gasteiger partial charge in [-0.15, -0.1) is 11.3 Å². The summed E-state index contributed by atoms with van der Waals surface area (Å²) in [6.45, 7) is 3.17. The number of hydrogen-bond donors (Lipinski definition) is 1. The predicted octanol–water partition coefficient (Wildman–Crippen LogP) is 4.96. The van der Waals surface area contributed by atoms with Crippen LogP contribution in [0.2, 0.25) is 0 Å². The van der Waals surface area contributed by atoms with Crippen LogP contribution in [0.5, 0.6) is 5.75 Å². The van der Waals surface area contributed by atoms with Crippen LogP contribution < -0.4 is 10.1 Å². The van der Waals surface area contributed by atoms with Crippen molar-refractivity contribution in [1.29, 1.82) is 0 Å². The minimum Gasteiger partial charge on any atom is -0.490 e. The van der Waals surface area contributed by atoms with E-state index in [4.69, 9.17) is 4.74 Å². The molecule has 0 radical (unpaired) electrons. The molecule has 0 bridgehead atoms. The molecule has 0 aliphatic carbocycles. The summed E-state index contributed by atoms with van der Waals surface area (Å²) in [6, 6.07) is 13.4. The fourth-order valence-corrected chi connectivity index (χ4v) is 3.24. The number of allylic oxidation sites excluding steroid dienone is 1. The Labute approximate surface area is 157 Å². The molecule has 0 aliphatic rings. The topological polar surface area (TPSA) is 51.2 Å². The lowest BCUT2D eigenvalue weighted by Crippen LogP contribution is -2.22. The summed E-state index contributed by atoms with van der Waals surface area (Å²) >= 11 is 1.53. The van der Waals surface area contributed by atoms with Crippen LogP contribution >= 0.6 is 11.3 Å². The highest BCUT2D eigenvalue weighted by molar-refractivity contribution is 7.16. The summed E-state index contributed by atoms with van der Waals surface area (Å²) in [5, 5.41) is 2.96. The number of aromatic nitrogens is 1. The zero-order valence-electron chi connectivity index (χ0n) is 14.8. The third-order valence-corrected chi connectivity index (χ3v) is 4.70. The number of fused-ring (bicyclic) bond motifs is 1. The first-order valence-corrected chi connectivity index (χ1v) is 9.62. The molecular formula is C21H22N2O2S. The molecule has 1 amide bonds. The molecule has 0 spiro atoms. The second-order valence-corrected chi connectivity index (χ2v) is 6.82. The third-order valence-electron chi connectivity index (χ3n) is 3.91. The van der Waals surface area contributed by atoms with E-state index in [1.165, 1.54) is 11.3 Å². The highest BCUT2D eigenvalue weighted by atomic mass is 32.1. The second-order valence-electron chi connectivity index (χ2n) is 5.94. The van der Waals surface area contributed by atoms with Crippen molar-refractivity contribution < 1.29 is 9.53 Å². The lowest BCUT2D eigenvalue weighted by atomic mass is 10.2. The molecule has 1 aromatic heterocycles. The molecule has 4 nitrogen and oxygen atoms in total. The number of amides is 1. The van der Waals surface area contributed by atoms with Crippen molar-refractivity contribution >= 4 is 27.5 Å². The maximum Gasteiger partial charge on any atom is 0.251 e. The van der Waals surface area contributed by atoms with Gasteiger partial charge in [0.2, 0.25) is 0 Å². The molecule has 134 valence electrons. The molecule has 0 fully saturated rings. The van der Waals surface area contributed by atoms with Gasteiger partial charge in [-0.1, -0.05) is 37.6 Å². The van der Waals surface area contributed by atoms with Gasteiger partial charge in [-0.05, 0) is 42.3 Å². The van der Waals surface area contributed by atoms with Crippen molar-refractivity contribution in [2.45, 2.75) is 26.3 Å². The average Bonchev–Trinajstić information content (AvgIpc) is 3.14. The average molecular weight is 366 g/mol. The van der Waals surface area contributed by atoms with E-state index >= 15 is 0 Å². The molecule has 0 aliphatic heterocycles. The molecule has 0 saturated heterocycles. The highest BCUT2D eigenvalue weighted by Gasteiger charge is 2.07. The predicted molar refractivity (Wildman–Crippen MR) is 107 cm³/mol. The van der Waals surface area contributed by atoms with Crippen molar-refractivity contribution in [2.75, 3.05) is 6.61 Å². The molecule has 0 unspecified atom stereocenters. The Bertz CT molecular complexity index is 902. The second kappa shape index (κ2) is 9.15. The molecule has 1 heterocycles. The summed E-state index contributed by atoms with van der Waals surface area (Å²) < 4.78 is 6.74. The molecule has 26 heavy (non-hydrogen) atoms. The number of nitrogens with zero attached hydrogens (tertiary/aromatic N) is 1. The molecule has 1 N–H and O–H groups in total. The Morgan fingerprint density at radius 2 is 2.15 bits per heavy atom. The number of carbonyl (C=O) groups excluding carboxylic acids is 1. The van der Waals surface area contributed by atoms with Crippen LogP contribution in [0.15, 0.2) is 60.1 Å². The lowest BCUT2D eigenvalue weighted by molar-refractivity contribution is 0.0951. The third kappa shape index (κ3) is 4.92. The summed E-state index contributed by atoms with van der Waals surface area (Å²) in [5.74, 6) is 0.720. The van der Waals surface area contributed by atoms with Crippen LogP contribution in [-0.2, 0) is 6.54 Å². The van der Waals surface area contributed by atoms with Crippen LogP contribution in [0, 0.1) is 0 Å². The van der Waals surface area contributed by atoms with Crippen molar-refractivity contribution in [3.63, 3.8) is 0 Å². The standard InChI is InChI=1S/C21H22N2O2S/c1-2-3-4-5-11-25-18-8-6-7-16(12-18)14-22-21(24)17-9-10-19-20(13-17)26-15-23-19/h4-10,12-13,15H,2-3,11,14H2,1H3,(H,22,24). The molecule has 5 heteroatoms. The summed E-state index contributed by atoms with van der Waals surface area (Å²) in [5.41, 5.74) is 4.36. The molecule has 2 aromatic carbocycles. The van der Waals surface area contributed by atoms with Gasteiger partial charge < -0.3 is 10.1 Å². The van der Waals surface area contributed by atoms with E-state index in [0.717, 1.165) is 34.4 Å². The van der Waals surface area contributed by atoms with E-state index in [-0.39, 0.29) is 5.91 Å². The van der Waals surface area contributed by atoms with Crippen LogP contribution in [0.1, 0.15) is 35.7 Å². The first-order valence-electron chi connectivity index (χ1n) is 8.74. The van der Waals surface area contributed by atoms with Crippen LogP contribution in [0.4, 0.5) is 0 Å². The summed E-state index contributed by atoms with van der Waals surface area (Å²) in [6.07, 6.45) is 6.38. The number of thiazole rings is 1. The van der Waals surface area contributed by atoms with Gasteiger partial charge in [-0.3, -0.25) is 4.79 Å². The first-order chi connectivity index (χ1) is 12.8. The van der Waals surface area contributed by atoms with E-state index in [1.807, 2.05) is 42.5 Å². The van der Waals surface area contributed by atoms with E-state index in [0.29, 0.717) is 18.7 Å². The molecule has 3 rings (SSSR count). The van der Waals surface area contributed by atoms with E-state index in [2.05, 4.69) is 23.3 Å². The quantitative estimate of drug-likeness (QED) is 0.573. The number of ether oxygens (including phenoxy) is 1. The Kier molecular flexibility index (Phi) is 6.39. The SMILES string of the molecule is CCCC=CCOc1cccc(CNC(=O)c2ccc3ncsc3c2)c1. The summed E-state index contributed by atoms with van der Waals surface area (Å²) in [4.78, 5) is 16.6. The minimum atomic E-state index is -0.0888. The van der Waals surface area contributed by atoms with Gasteiger partial charge in [0.05, 0.1) is 15.7 Å². The highest BCUT2D eigenvalue weighted by Crippen LogP contribution is 2.19. The normalized spacial score (nSPS) is 11.1. The fourth-order valence-electron chi connectivity index (χ4n) is 2.52. The molecule has 0 atom stereocenters. The fraction of sp³-hybridized carbons (Fsp3) is 0.238. The van der Waals surface area contributed by atoms with Crippen LogP contribution in [0.3, 0.4) is 0 Å². The number of benzene rings is 2. The Hall–Kier alpha value is -2.66. The van der Waals surface area contributed by atoms with Gasteiger partial charge in [-0.2, -0.15) is 0 Å². The van der Waals surface area contributed by atoms with Crippen LogP contribution in [-0.4, -0.2) is 17.5 Å². The molecule has 0 saturated carbocycles. The van der Waals surface area contributed by atoms with Crippen molar-refractivity contribution in [3.05, 3.63) is 71.3 Å². The van der Waals surface area contributed by atoms with E-state index < -0.39 is 0 Å². The largest absolute Gasteiger partial charge is 0.490 e. The van der Waals surface area contributed by atoms with E-state index in [1.54, 1.807) is 11.6 Å². The minimum absolute atomic E-state index is 0.0888. The maximum atomic E-state index is 12.4. The Balaban J connectivity index is 1.55. The Morgan fingerprint density at radius 3 is 3.04 bits per heavy atom. The lowest BCUT2D eigenvalue weighted by Gasteiger charge is -2.08. The van der Waals surface area contributed by atoms with Gasteiger partial charge in [0.1, 0.15) is 12.4 Å². The van der Waals surface area contributed by atoms with Gasteiger partial charge in [0, 0.05) is 12.1 Å². The van der Waals surface area contributed by atoms with Gasteiger partial charge in [-0.25, -0.2) is 4.98 Å². The Morgan fingerprint density at radius 1 is 1.23 bits per heavy atom. The zero-order valence-corrected chi connectivity index (χ0v) is 15.6. The number of unbranched alkanes of at least 4 members (excludes halogenated alkanes) is 1. The van der Waals surface area contributed by atoms with Gasteiger partial charge >= 0.3 is 0 Å². The van der Waals surface area contributed by atoms with Crippen molar-refractivity contribution in [1.82, 2.24) is 10.3 Å². The number of carbonyl (C=O) groups is 1.